The van der Waals surface area contributed by atoms with E-state index in [2.05, 4.69) is 0 Å². The summed E-state index contributed by atoms with van der Waals surface area (Å²) in [5, 5.41) is 9.01. The molecular weight excluding hydrogens is 232 g/mol. The zero-order valence-electron chi connectivity index (χ0n) is 10.7. The fraction of sp³-hybridized carbons (Fsp3) is 0.429. The van der Waals surface area contributed by atoms with Crippen molar-refractivity contribution in [2.24, 2.45) is 0 Å². The predicted molar refractivity (Wildman–Crippen MR) is 68.7 cm³/mol. The molecule has 1 atom stereocenters. The fourth-order valence-electron chi connectivity index (χ4n) is 2.00. The number of ether oxygens (including phenoxy) is 3. The van der Waals surface area contributed by atoms with Crippen LogP contribution in [0.2, 0.25) is 0 Å². The zero-order valence-corrected chi connectivity index (χ0v) is 10.7. The number of aliphatic hydroxyl groups is 1. The van der Waals surface area contributed by atoms with E-state index in [-0.39, 0.29) is 12.7 Å². The van der Waals surface area contributed by atoms with Gasteiger partial charge in [-0.25, -0.2) is 0 Å². The van der Waals surface area contributed by atoms with E-state index < -0.39 is 0 Å². The minimum absolute atomic E-state index is 0.0652. The summed E-state index contributed by atoms with van der Waals surface area (Å²) in [7, 11) is 3.24. The second-order valence-corrected chi connectivity index (χ2v) is 4.19. The summed E-state index contributed by atoms with van der Waals surface area (Å²) in [6.45, 7) is 0.0652. The van der Waals surface area contributed by atoms with E-state index in [4.69, 9.17) is 19.3 Å². The molecular formula is C14H18O4. The molecule has 1 aliphatic heterocycles. The highest BCUT2D eigenvalue weighted by atomic mass is 16.5. The van der Waals surface area contributed by atoms with Gasteiger partial charge in [0.2, 0.25) is 0 Å². The van der Waals surface area contributed by atoms with Gasteiger partial charge in [-0.05, 0) is 36.1 Å². The van der Waals surface area contributed by atoms with Crippen LogP contribution in [-0.4, -0.2) is 32.0 Å². The number of hydrogen-bond donors (Lipinski definition) is 1. The predicted octanol–water partition coefficient (Wildman–Crippen LogP) is 2.22. The lowest BCUT2D eigenvalue weighted by Crippen LogP contribution is -2.18. The summed E-state index contributed by atoms with van der Waals surface area (Å²) < 4.78 is 15.9. The van der Waals surface area contributed by atoms with Crippen LogP contribution in [0.3, 0.4) is 0 Å². The SMILES string of the molecule is COc1ccc(C2=CO[C@H](CO)CC2)cc1OC. The van der Waals surface area contributed by atoms with Gasteiger partial charge in [0.25, 0.3) is 0 Å². The molecule has 2 rings (SSSR count). The first-order chi connectivity index (χ1) is 8.78. The maximum atomic E-state index is 9.01. The van der Waals surface area contributed by atoms with Gasteiger partial charge in [-0.3, -0.25) is 0 Å². The smallest absolute Gasteiger partial charge is 0.161 e. The van der Waals surface area contributed by atoms with Crippen molar-refractivity contribution in [3.8, 4) is 11.5 Å². The third kappa shape index (κ3) is 2.59. The van der Waals surface area contributed by atoms with E-state index in [0.717, 1.165) is 24.0 Å². The van der Waals surface area contributed by atoms with Crippen LogP contribution in [-0.2, 0) is 4.74 Å². The number of allylic oxidation sites excluding steroid dienone is 1. The molecule has 0 unspecified atom stereocenters. The lowest BCUT2D eigenvalue weighted by atomic mass is 9.98. The van der Waals surface area contributed by atoms with Gasteiger partial charge in [-0.2, -0.15) is 0 Å². The molecule has 4 nitrogen and oxygen atoms in total. The Hall–Kier alpha value is -1.68. The molecule has 0 saturated heterocycles. The summed E-state index contributed by atoms with van der Waals surface area (Å²) in [5.74, 6) is 1.42. The van der Waals surface area contributed by atoms with Gasteiger partial charge >= 0.3 is 0 Å². The van der Waals surface area contributed by atoms with Crippen molar-refractivity contribution in [3.05, 3.63) is 30.0 Å². The molecule has 1 heterocycles. The van der Waals surface area contributed by atoms with Gasteiger partial charge in [-0.15, -0.1) is 0 Å². The molecule has 1 aromatic carbocycles. The Kier molecular flexibility index (Phi) is 4.10. The molecule has 0 amide bonds. The van der Waals surface area contributed by atoms with Crippen molar-refractivity contribution in [3.63, 3.8) is 0 Å². The van der Waals surface area contributed by atoms with Crippen LogP contribution in [0.1, 0.15) is 18.4 Å². The van der Waals surface area contributed by atoms with Crippen molar-refractivity contribution in [1.29, 1.82) is 0 Å². The summed E-state index contributed by atoms with van der Waals surface area (Å²) in [6, 6.07) is 5.80. The Labute approximate surface area is 107 Å². The molecule has 0 aromatic heterocycles. The number of rotatable bonds is 4. The molecule has 1 N–H and O–H groups in total. The lowest BCUT2D eigenvalue weighted by molar-refractivity contribution is 0.0658. The van der Waals surface area contributed by atoms with Crippen molar-refractivity contribution in [2.45, 2.75) is 18.9 Å². The van der Waals surface area contributed by atoms with E-state index in [1.54, 1.807) is 20.5 Å². The molecule has 0 fully saturated rings. The summed E-state index contributed by atoms with van der Waals surface area (Å²) in [4.78, 5) is 0. The maximum Gasteiger partial charge on any atom is 0.161 e. The fourth-order valence-corrected chi connectivity index (χ4v) is 2.00. The van der Waals surface area contributed by atoms with Crippen LogP contribution in [0.25, 0.3) is 5.57 Å². The van der Waals surface area contributed by atoms with Gasteiger partial charge in [0, 0.05) is 0 Å². The van der Waals surface area contributed by atoms with Gasteiger partial charge in [0.05, 0.1) is 27.1 Å². The van der Waals surface area contributed by atoms with Crippen LogP contribution in [0.5, 0.6) is 11.5 Å². The maximum absolute atomic E-state index is 9.01. The Morgan fingerprint density at radius 1 is 1.28 bits per heavy atom. The van der Waals surface area contributed by atoms with Gasteiger partial charge in [0.15, 0.2) is 11.5 Å². The van der Waals surface area contributed by atoms with Crippen LogP contribution < -0.4 is 9.47 Å². The number of benzene rings is 1. The van der Waals surface area contributed by atoms with Crippen LogP contribution >= 0.6 is 0 Å². The van der Waals surface area contributed by atoms with Crippen LogP contribution in [0.15, 0.2) is 24.5 Å². The highest BCUT2D eigenvalue weighted by molar-refractivity contribution is 5.67. The molecule has 1 aliphatic rings. The van der Waals surface area contributed by atoms with E-state index >= 15 is 0 Å². The van der Waals surface area contributed by atoms with E-state index in [9.17, 15) is 0 Å². The van der Waals surface area contributed by atoms with E-state index in [1.807, 2.05) is 18.2 Å². The molecule has 1 aromatic rings. The quantitative estimate of drug-likeness (QED) is 0.890. The van der Waals surface area contributed by atoms with Crippen molar-refractivity contribution in [1.82, 2.24) is 0 Å². The van der Waals surface area contributed by atoms with E-state index in [1.165, 1.54) is 0 Å². The third-order valence-corrected chi connectivity index (χ3v) is 3.10. The van der Waals surface area contributed by atoms with E-state index in [0.29, 0.717) is 11.5 Å². The summed E-state index contributed by atoms with van der Waals surface area (Å²) in [6.07, 6.45) is 3.37. The minimum Gasteiger partial charge on any atom is -0.495 e. The number of aliphatic hydroxyl groups excluding tert-OH is 1. The monoisotopic (exact) mass is 250 g/mol. The Morgan fingerprint density at radius 3 is 2.61 bits per heavy atom. The first-order valence-corrected chi connectivity index (χ1v) is 5.96. The topological polar surface area (TPSA) is 47.9 Å². The molecule has 0 aliphatic carbocycles. The first kappa shape index (κ1) is 12.8. The molecule has 0 saturated carbocycles. The van der Waals surface area contributed by atoms with Crippen molar-refractivity contribution in [2.75, 3.05) is 20.8 Å². The number of hydrogen-bond acceptors (Lipinski definition) is 4. The molecule has 0 bridgehead atoms. The minimum atomic E-state index is -0.0751. The van der Waals surface area contributed by atoms with Crippen molar-refractivity contribution >= 4 is 5.57 Å². The molecule has 98 valence electrons. The van der Waals surface area contributed by atoms with Gasteiger partial charge in [-0.1, -0.05) is 6.07 Å². The average molecular weight is 250 g/mol. The third-order valence-electron chi connectivity index (χ3n) is 3.10. The molecule has 0 spiro atoms. The highest BCUT2D eigenvalue weighted by Gasteiger charge is 2.16. The van der Waals surface area contributed by atoms with Crippen LogP contribution in [0, 0.1) is 0 Å². The second kappa shape index (κ2) is 5.78. The Balaban J connectivity index is 2.21. The lowest BCUT2D eigenvalue weighted by Gasteiger charge is -2.22. The standard InChI is InChI=1S/C14H18O4/c1-16-13-6-4-10(7-14(13)17-2)11-3-5-12(8-15)18-9-11/h4,6-7,9,12,15H,3,5,8H2,1-2H3/t12-/m0/s1. The molecule has 18 heavy (non-hydrogen) atoms. The normalized spacial score (nSPS) is 18.8. The summed E-state index contributed by atoms with van der Waals surface area (Å²) in [5.41, 5.74) is 2.17. The average Bonchev–Trinajstić information content (AvgIpc) is 2.46. The largest absolute Gasteiger partial charge is 0.495 e. The zero-order chi connectivity index (χ0) is 13.0. The highest BCUT2D eigenvalue weighted by Crippen LogP contribution is 2.33. The van der Waals surface area contributed by atoms with Gasteiger partial charge < -0.3 is 19.3 Å². The summed E-state index contributed by atoms with van der Waals surface area (Å²) >= 11 is 0. The van der Waals surface area contributed by atoms with Crippen molar-refractivity contribution < 1.29 is 19.3 Å². The molecule has 4 heteroatoms. The number of methoxy groups -OCH3 is 2. The molecule has 0 radical (unpaired) electrons. The Bertz CT molecular complexity index is 439. The van der Waals surface area contributed by atoms with Gasteiger partial charge in [0.1, 0.15) is 6.10 Å². The second-order valence-electron chi connectivity index (χ2n) is 4.19. The first-order valence-electron chi connectivity index (χ1n) is 5.96. The Morgan fingerprint density at radius 2 is 2.06 bits per heavy atom. The van der Waals surface area contributed by atoms with Crippen LogP contribution in [0.4, 0.5) is 0 Å².